The third kappa shape index (κ3) is 7.05. The van der Waals surface area contributed by atoms with Crippen molar-refractivity contribution in [1.82, 2.24) is 5.32 Å². The minimum Gasteiger partial charge on any atom is -0.508 e. The molecule has 0 fully saturated rings. The number of phenolic OH excluding ortho intramolecular Hbond substituents is 1. The lowest BCUT2D eigenvalue weighted by atomic mass is 9.81. The molecule has 0 aliphatic carbocycles. The van der Waals surface area contributed by atoms with Crippen LogP contribution in [0.25, 0.3) is 0 Å². The second kappa shape index (κ2) is 11.7. The molecule has 0 spiro atoms. The van der Waals surface area contributed by atoms with Gasteiger partial charge in [0, 0.05) is 11.3 Å². The summed E-state index contributed by atoms with van der Waals surface area (Å²) in [4.78, 5) is 36.6. The van der Waals surface area contributed by atoms with Gasteiger partial charge < -0.3 is 25.6 Å². The number of anilines is 1. The number of hydrogen-bond acceptors (Lipinski definition) is 7. The zero-order valence-corrected chi connectivity index (χ0v) is 20.3. The number of para-hydroxylation sites is 1. The molecule has 0 saturated heterocycles. The predicted molar refractivity (Wildman–Crippen MR) is 130 cm³/mol. The number of esters is 1. The van der Waals surface area contributed by atoms with Crippen LogP contribution < -0.4 is 10.6 Å². The first-order chi connectivity index (χ1) is 16.0. The van der Waals surface area contributed by atoms with Gasteiger partial charge in [0.1, 0.15) is 11.8 Å². The van der Waals surface area contributed by atoms with E-state index in [2.05, 4.69) is 24.5 Å². The molecule has 8 heteroatoms. The fourth-order valence-corrected chi connectivity index (χ4v) is 3.69. The summed E-state index contributed by atoms with van der Waals surface area (Å²) >= 11 is 0. The van der Waals surface area contributed by atoms with E-state index in [0.29, 0.717) is 24.2 Å². The standard InChI is InChI=1S/C26H34N2O6/c1-16-14-18(10-11-22(16)29)26(3,4)12-13-27-21(15-23(30)31)24(32)19-8-6-7-9-20(19)28-17(2)25(33)34-5/h6-11,14,17,21,27-29H,12-13,15H2,1-5H3,(H,30,31)/t17?,21-/m0/s1. The van der Waals surface area contributed by atoms with Crippen molar-refractivity contribution in [2.24, 2.45) is 0 Å². The molecule has 0 aliphatic heterocycles. The van der Waals surface area contributed by atoms with Crippen LogP contribution in [0.2, 0.25) is 0 Å². The Kier molecular flexibility index (Phi) is 9.20. The summed E-state index contributed by atoms with van der Waals surface area (Å²) in [6.07, 6.45) is 0.262. The molecule has 2 aromatic rings. The Balaban J connectivity index is 2.17. The van der Waals surface area contributed by atoms with Crippen LogP contribution in [0.5, 0.6) is 5.75 Å². The molecule has 2 aromatic carbocycles. The highest BCUT2D eigenvalue weighted by Gasteiger charge is 2.27. The zero-order chi connectivity index (χ0) is 25.5. The number of rotatable bonds is 12. The van der Waals surface area contributed by atoms with Gasteiger partial charge >= 0.3 is 11.9 Å². The molecule has 0 saturated carbocycles. The van der Waals surface area contributed by atoms with Gasteiger partial charge in [-0.3, -0.25) is 9.59 Å². The fourth-order valence-electron chi connectivity index (χ4n) is 3.69. The lowest BCUT2D eigenvalue weighted by Gasteiger charge is -2.27. The van der Waals surface area contributed by atoms with Gasteiger partial charge in [0.25, 0.3) is 0 Å². The summed E-state index contributed by atoms with van der Waals surface area (Å²) in [5, 5.41) is 25.3. The van der Waals surface area contributed by atoms with Crippen LogP contribution in [0, 0.1) is 6.92 Å². The maximum Gasteiger partial charge on any atom is 0.327 e. The fraction of sp³-hybridized carbons (Fsp3) is 0.423. The van der Waals surface area contributed by atoms with E-state index in [1.54, 1.807) is 37.3 Å². The van der Waals surface area contributed by atoms with E-state index >= 15 is 0 Å². The number of carbonyl (C=O) groups excluding carboxylic acids is 2. The summed E-state index contributed by atoms with van der Waals surface area (Å²) in [5.41, 5.74) is 2.28. The third-order valence-corrected chi connectivity index (χ3v) is 5.93. The quantitative estimate of drug-likeness (QED) is 0.274. The highest BCUT2D eigenvalue weighted by atomic mass is 16.5. The first kappa shape index (κ1) is 26.9. The first-order valence-corrected chi connectivity index (χ1v) is 11.2. The Morgan fingerprint density at radius 1 is 1.12 bits per heavy atom. The van der Waals surface area contributed by atoms with Crippen molar-refractivity contribution in [3.8, 4) is 5.75 Å². The predicted octanol–water partition coefficient (Wildman–Crippen LogP) is 3.66. The molecule has 34 heavy (non-hydrogen) atoms. The van der Waals surface area contributed by atoms with Gasteiger partial charge in [-0.15, -0.1) is 0 Å². The number of aromatic hydroxyl groups is 1. The molecule has 0 aliphatic rings. The average Bonchev–Trinajstić information content (AvgIpc) is 2.79. The van der Waals surface area contributed by atoms with Gasteiger partial charge in [0.15, 0.2) is 5.78 Å². The highest BCUT2D eigenvalue weighted by Crippen LogP contribution is 2.30. The van der Waals surface area contributed by atoms with Gasteiger partial charge in [0.05, 0.1) is 19.6 Å². The van der Waals surface area contributed by atoms with Crippen LogP contribution in [-0.4, -0.2) is 53.7 Å². The molecule has 8 nitrogen and oxygen atoms in total. The number of carboxylic acids is 1. The minimum absolute atomic E-state index is 0.235. The van der Waals surface area contributed by atoms with Crippen LogP contribution in [0.3, 0.4) is 0 Å². The monoisotopic (exact) mass is 470 g/mol. The van der Waals surface area contributed by atoms with Gasteiger partial charge in [-0.2, -0.15) is 0 Å². The Morgan fingerprint density at radius 3 is 2.41 bits per heavy atom. The lowest BCUT2D eigenvalue weighted by molar-refractivity contribution is -0.141. The number of nitrogens with one attached hydrogen (secondary N) is 2. The van der Waals surface area contributed by atoms with Gasteiger partial charge in [-0.1, -0.05) is 38.1 Å². The Hall–Kier alpha value is -3.39. The number of hydrogen-bond donors (Lipinski definition) is 4. The van der Waals surface area contributed by atoms with Crippen molar-refractivity contribution >= 4 is 23.4 Å². The first-order valence-electron chi connectivity index (χ1n) is 11.2. The Bertz CT molecular complexity index is 1030. The number of carboxylic acid groups (broad SMARTS) is 1. The number of carbonyl (C=O) groups is 3. The molecule has 0 aromatic heterocycles. The number of ether oxygens (including phenoxy) is 1. The number of Topliss-reactive ketones (excluding diaryl/α,β-unsaturated/α-hetero) is 1. The van der Waals surface area contributed by atoms with Crippen molar-refractivity contribution in [3.05, 3.63) is 59.2 Å². The molecule has 4 N–H and O–H groups in total. The molecular weight excluding hydrogens is 436 g/mol. The third-order valence-electron chi connectivity index (χ3n) is 5.93. The van der Waals surface area contributed by atoms with Gasteiger partial charge in [0.2, 0.25) is 0 Å². The summed E-state index contributed by atoms with van der Waals surface area (Å²) in [6, 6.07) is 10.5. The molecule has 1 unspecified atom stereocenters. The average molecular weight is 471 g/mol. The number of aliphatic carboxylic acids is 1. The van der Waals surface area contributed by atoms with E-state index in [4.69, 9.17) is 4.74 Å². The molecule has 184 valence electrons. The van der Waals surface area contributed by atoms with Crippen LogP contribution in [0.15, 0.2) is 42.5 Å². The summed E-state index contributed by atoms with van der Waals surface area (Å²) in [7, 11) is 1.28. The van der Waals surface area contributed by atoms with Crippen molar-refractivity contribution in [3.63, 3.8) is 0 Å². The van der Waals surface area contributed by atoms with E-state index in [1.165, 1.54) is 7.11 Å². The number of ketones is 1. The maximum absolute atomic E-state index is 13.3. The lowest BCUT2D eigenvalue weighted by Crippen LogP contribution is -2.41. The molecular formula is C26H34N2O6. The van der Waals surface area contributed by atoms with E-state index in [0.717, 1.165) is 11.1 Å². The number of aryl methyl sites for hydroxylation is 1. The van der Waals surface area contributed by atoms with Crippen LogP contribution in [0.1, 0.15) is 55.1 Å². The summed E-state index contributed by atoms with van der Waals surface area (Å²) in [5.74, 6) is -1.71. The number of benzene rings is 2. The van der Waals surface area contributed by atoms with Crippen molar-refractivity contribution in [1.29, 1.82) is 0 Å². The Morgan fingerprint density at radius 2 is 1.79 bits per heavy atom. The van der Waals surface area contributed by atoms with Crippen molar-refractivity contribution in [2.45, 2.75) is 58.0 Å². The summed E-state index contributed by atoms with van der Waals surface area (Å²) in [6.45, 7) is 7.98. The van der Waals surface area contributed by atoms with E-state index in [1.807, 2.05) is 19.1 Å². The Labute approximate surface area is 200 Å². The number of phenols is 1. The highest BCUT2D eigenvalue weighted by molar-refractivity contribution is 6.06. The second-order valence-electron chi connectivity index (χ2n) is 9.04. The van der Waals surface area contributed by atoms with E-state index in [9.17, 15) is 24.6 Å². The maximum atomic E-state index is 13.3. The van der Waals surface area contributed by atoms with Crippen molar-refractivity contribution < 1.29 is 29.3 Å². The SMILES string of the molecule is COC(=O)C(C)Nc1ccccc1C(=O)[C@H](CC(=O)O)NCCC(C)(C)c1ccc(O)c(C)c1. The normalized spacial score (nSPS) is 13.1. The molecule has 2 atom stereocenters. The number of methoxy groups -OCH3 is 1. The van der Waals surface area contributed by atoms with Crippen LogP contribution >= 0.6 is 0 Å². The second-order valence-corrected chi connectivity index (χ2v) is 9.04. The zero-order valence-electron chi connectivity index (χ0n) is 20.3. The van der Waals surface area contributed by atoms with Gasteiger partial charge in [-0.05, 0) is 61.6 Å². The van der Waals surface area contributed by atoms with Crippen molar-refractivity contribution in [2.75, 3.05) is 19.0 Å². The molecule has 0 amide bonds. The minimum atomic E-state index is -1.09. The van der Waals surface area contributed by atoms with Crippen LogP contribution in [-0.2, 0) is 19.7 Å². The van der Waals surface area contributed by atoms with E-state index in [-0.39, 0.29) is 23.4 Å². The largest absolute Gasteiger partial charge is 0.508 e. The molecule has 0 heterocycles. The van der Waals surface area contributed by atoms with E-state index < -0.39 is 24.0 Å². The molecule has 2 rings (SSSR count). The summed E-state index contributed by atoms with van der Waals surface area (Å²) < 4.78 is 4.73. The molecule has 0 radical (unpaired) electrons. The molecule has 0 bridgehead atoms. The smallest absolute Gasteiger partial charge is 0.327 e. The topological polar surface area (TPSA) is 125 Å². The van der Waals surface area contributed by atoms with Gasteiger partial charge in [-0.25, -0.2) is 4.79 Å². The van der Waals surface area contributed by atoms with Crippen LogP contribution in [0.4, 0.5) is 5.69 Å².